The number of hydrogen-bond acceptors (Lipinski definition) is 2. The fourth-order valence-corrected chi connectivity index (χ4v) is 4.91. The summed E-state index contributed by atoms with van der Waals surface area (Å²) in [5.74, 6) is 0. The molecule has 0 saturated heterocycles. The van der Waals surface area contributed by atoms with Crippen LogP contribution >= 0.6 is 0 Å². The van der Waals surface area contributed by atoms with Crippen LogP contribution in [0.3, 0.4) is 0 Å². The van der Waals surface area contributed by atoms with E-state index in [1.165, 1.54) is 0 Å². The minimum absolute atomic E-state index is 0.321. The first-order valence-corrected chi connectivity index (χ1v) is 8.76. The summed E-state index contributed by atoms with van der Waals surface area (Å²) >= 11 is 0. The Morgan fingerprint density at radius 1 is 1.14 bits per heavy atom. The van der Waals surface area contributed by atoms with Crippen LogP contribution in [-0.2, 0) is 16.3 Å². The van der Waals surface area contributed by atoms with E-state index in [4.69, 9.17) is 6.57 Å². The Balaban J connectivity index is 1.87. The molecule has 2 aromatic rings. The molecule has 3 rings (SSSR count). The highest BCUT2D eigenvalue weighted by Crippen LogP contribution is 2.50. The first-order valence-electron chi connectivity index (χ1n) is 7.21. The van der Waals surface area contributed by atoms with Gasteiger partial charge in [0.15, 0.2) is 15.1 Å². The van der Waals surface area contributed by atoms with E-state index in [9.17, 15) is 8.42 Å². The quantitative estimate of drug-likeness (QED) is 0.811. The number of nitrogens with zero attached hydrogens (tertiary/aromatic N) is 1. The van der Waals surface area contributed by atoms with Gasteiger partial charge in [0.2, 0.25) is 0 Å². The number of rotatable bonds is 4. The highest BCUT2D eigenvalue weighted by atomic mass is 32.2. The molecule has 0 unspecified atom stereocenters. The largest absolute Gasteiger partial charge is 0.309 e. The van der Waals surface area contributed by atoms with Crippen molar-refractivity contribution in [3.05, 3.63) is 77.1 Å². The molecule has 0 heterocycles. The Morgan fingerprint density at radius 2 is 1.77 bits per heavy atom. The van der Waals surface area contributed by atoms with Crippen LogP contribution in [0.15, 0.2) is 59.5 Å². The Labute approximate surface area is 131 Å². The molecule has 22 heavy (non-hydrogen) atoms. The molecular formula is C18H17NO2S. The summed E-state index contributed by atoms with van der Waals surface area (Å²) in [4.78, 5) is 4.01. The molecule has 2 atom stereocenters. The molecule has 4 heteroatoms. The van der Waals surface area contributed by atoms with Crippen LogP contribution in [0, 0.1) is 13.5 Å². The Bertz CT molecular complexity index is 820. The molecule has 1 aliphatic rings. The SMILES string of the molecule is [C-]#[N+][C@@]1(Cc2ccccc2)C[C@H]1S(=O)(=O)c1ccc(C)cc1. The second-order valence-corrected chi connectivity index (χ2v) is 8.06. The maximum absolute atomic E-state index is 12.7. The van der Waals surface area contributed by atoms with E-state index < -0.39 is 20.6 Å². The third-order valence-corrected chi connectivity index (χ3v) is 6.56. The van der Waals surface area contributed by atoms with Crippen molar-refractivity contribution < 1.29 is 8.42 Å². The van der Waals surface area contributed by atoms with E-state index in [0.29, 0.717) is 17.7 Å². The van der Waals surface area contributed by atoms with Crippen molar-refractivity contribution in [1.82, 2.24) is 0 Å². The lowest BCUT2D eigenvalue weighted by atomic mass is 10.1. The van der Waals surface area contributed by atoms with Gasteiger partial charge in [-0.05, 0) is 24.6 Å². The summed E-state index contributed by atoms with van der Waals surface area (Å²) in [6.45, 7) is 9.41. The zero-order valence-electron chi connectivity index (χ0n) is 12.4. The van der Waals surface area contributed by atoms with Crippen LogP contribution in [0.1, 0.15) is 17.5 Å². The van der Waals surface area contributed by atoms with Crippen molar-refractivity contribution in [2.75, 3.05) is 0 Å². The van der Waals surface area contributed by atoms with Crippen LogP contribution in [-0.4, -0.2) is 19.2 Å². The van der Waals surface area contributed by atoms with Crippen molar-refractivity contribution in [3.63, 3.8) is 0 Å². The second-order valence-electron chi connectivity index (χ2n) is 5.93. The molecule has 1 aliphatic carbocycles. The normalized spacial score (nSPS) is 23.7. The molecule has 0 aromatic heterocycles. The Kier molecular flexibility index (Phi) is 3.54. The number of hydrogen-bond donors (Lipinski definition) is 0. The maximum atomic E-state index is 12.7. The third kappa shape index (κ3) is 2.53. The van der Waals surface area contributed by atoms with Crippen LogP contribution in [0.5, 0.6) is 0 Å². The van der Waals surface area contributed by atoms with E-state index in [2.05, 4.69) is 4.85 Å². The summed E-state index contributed by atoms with van der Waals surface area (Å²) in [6, 6.07) is 16.5. The predicted molar refractivity (Wildman–Crippen MR) is 86.2 cm³/mol. The number of benzene rings is 2. The van der Waals surface area contributed by atoms with Crippen molar-refractivity contribution in [3.8, 4) is 0 Å². The van der Waals surface area contributed by atoms with Gasteiger partial charge >= 0.3 is 0 Å². The molecule has 0 spiro atoms. The van der Waals surface area contributed by atoms with Gasteiger partial charge in [-0.15, -0.1) is 0 Å². The third-order valence-electron chi connectivity index (χ3n) is 4.28. The van der Waals surface area contributed by atoms with Gasteiger partial charge in [-0.3, -0.25) is 0 Å². The Morgan fingerprint density at radius 3 is 2.36 bits per heavy atom. The highest BCUT2D eigenvalue weighted by Gasteiger charge is 2.68. The summed E-state index contributed by atoms with van der Waals surface area (Å²) < 4.78 is 25.5. The second kappa shape index (κ2) is 5.26. The molecule has 3 nitrogen and oxygen atoms in total. The van der Waals surface area contributed by atoms with Crippen LogP contribution in [0.25, 0.3) is 4.85 Å². The van der Waals surface area contributed by atoms with Gasteiger partial charge in [0, 0.05) is 0 Å². The molecule has 112 valence electrons. The van der Waals surface area contributed by atoms with Gasteiger partial charge in [0.25, 0.3) is 5.54 Å². The first-order chi connectivity index (χ1) is 10.5. The number of aryl methyl sites for hydroxylation is 1. The zero-order chi connectivity index (χ0) is 15.8. The van der Waals surface area contributed by atoms with Crippen LogP contribution in [0.2, 0.25) is 0 Å². The lowest BCUT2D eigenvalue weighted by molar-refractivity contribution is 0.590. The molecular weight excluding hydrogens is 294 g/mol. The lowest BCUT2D eigenvalue weighted by Gasteiger charge is -2.07. The van der Waals surface area contributed by atoms with Gasteiger partial charge < -0.3 is 4.85 Å². The minimum atomic E-state index is -3.44. The molecule has 0 bridgehead atoms. The summed E-state index contributed by atoms with van der Waals surface area (Å²) in [5, 5.41) is -0.597. The molecule has 2 aromatic carbocycles. The average Bonchev–Trinajstić information content (AvgIpc) is 3.24. The Hall–Kier alpha value is -2.12. The van der Waals surface area contributed by atoms with Gasteiger partial charge in [-0.2, -0.15) is 0 Å². The van der Waals surface area contributed by atoms with Crippen molar-refractivity contribution in [2.24, 2.45) is 0 Å². The fraction of sp³-hybridized carbons (Fsp3) is 0.278. The fourth-order valence-electron chi connectivity index (χ4n) is 2.85. The summed E-state index contributed by atoms with van der Waals surface area (Å²) in [5.41, 5.74) is 1.24. The standard InChI is InChI=1S/C18H17NO2S/c1-14-8-10-16(11-9-14)22(20,21)17-13-18(17,19-2)12-15-6-4-3-5-7-15/h3-11,17H,12-13H2,1H3/t17-,18+/m1/s1. The smallest absolute Gasteiger partial charge is 0.255 e. The number of sulfone groups is 1. The molecule has 0 amide bonds. The molecule has 0 radical (unpaired) electrons. The molecule has 1 fully saturated rings. The van der Waals surface area contributed by atoms with Gasteiger partial charge in [0.1, 0.15) is 0 Å². The zero-order valence-corrected chi connectivity index (χ0v) is 13.2. The van der Waals surface area contributed by atoms with Crippen molar-refractivity contribution in [2.45, 2.75) is 35.4 Å². The lowest BCUT2D eigenvalue weighted by Crippen LogP contribution is -2.20. The van der Waals surface area contributed by atoms with Gasteiger partial charge in [-0.1, -0.05) is 48.0 Å². The van der Waals surface area contributed by atoms with E-state index in [1.807, 2.05) is 37.3 Å². The first kappa shape index (κ1) is 14.8. The topological polar surface area (TPSA) is 38.5 Å². The van der Waals surface area contributed by atoms with E-state index >= 15 is 0 Å². The van der Waals surface area contributed by atoms with E-state index in [-0.39, 0.29) is 0 Å². The molecule has 0 aliphatic heterocycles. The average molecular weight is 311 g/mol. The van der Waals surface area contributed by atoms with E-state index in [1.54, 1.807) is 24.3 Å². The van der Waals surface area contributed by atoms with Gasteiger partial charge in [0.05, 0.1) is 17.7 Å². The molecule has 1 saturated carbocycles. The monoisotopic (exact) mass is 311 g/mol. The predicted octanol–water partition coefficient (Wildman–Crippen LogP) is 3.44. The maximum Gasteiger partial charge on any atom is 0.255 e. The van der Waals surface area contributed by atoms with Gasteiger partial charge in [-0.25, -0.2) is 15.0 Å². The summed E-state index contributed by atoms with van der Waals surface area (Å²) in [6.07, 6.45) is 0.911. The van der Waals surface area contributed by atoms with Crippen LogP contribution < -0.4 is 0 Å². The highest BCUT2D eigenvalue weighted by molar-refractivity contribution is 7.92. The van der Waals surface area contributed by atoms with E-state index in [0.717, 1.165) is 11.1 Å². The molecule has 0 N–H and O–H groups in total. The minimum Gasteiger partial charge on any atom is -0.309 e. The van der Waals surface area contributed by atoms with Crippen molar-refractivity contribution in [1.29, 1.82) is 0 Å². The van der Waals surface area contributed by atoms with Crippen molar-refractivity contribution >= 4 is 9.84 Å². The van der Waals surface area contributed by atoms with Crippen LogP contribution in [0.4, 0.5) is 0 Å². The summed E-state index contributed by atoms with van der Waals surface area (Å²) in [7, 11) is -3.44.